The van der Waals surface area contributed by atoms with Gasteiger partial charge in [-0.25, -0.2) is 4.98 Å². The summed E-state index contributed by atoms with van der Waals surface area (Å²) in [4.78, 5) is 29.2. The van der Waals surface area contributed by atoms with Crippen LogP contribution in [-0.2, 0) is 11.2 Å². The second-order valence-corrected chi connectivity index (χ2v) is 7.77. The van der Waals surface area contributed by atoms with E-state index in [9.17, 15) is 9.59 Å². The summed E-state index contributed by atoms with van der Waals surface area (Å²) in [5.74, 6) is -0.258. The number of benzene rings is 2. The predicted molar refractivity (Wildman–Crippen MR) is 113 cm³/mol. The molecule has 0 saturated heterocycles. The Morgan fingerprint density at radius 3 is 2.57 bits per heavy atom. The van der Waals surface area contributed by atoms with E-state index in [0.717, 1.165) is 16.3 Å². The Balaban J connectivity index is 1.70. The highest BCUT2D eigenvalue weighted by molar-refractivity contribution is 7.13. The first-order chi connectivity index (χ1) is 13.4. The molecule has 144 valence electrons. The standard InChI is InChI=1S/C22H23N3O2S/c1-14(18-10-7-11-19(13-18)25-16(3)26)24-22(27)21-15(2)23-20(28-21)12-17-8-5-4-6-9-17/h4-11,13-14H,12H2,1-3H3,(H,24,27)(H,25,26). The molecule has 0 spiro atoms. The molecule has 6 heteroatoms. The fraction of sp³-hybridized carbons (Fsp3) is 0.227. The maximum Gasteiger partial charge on any atom is 0.263 e. The molecule has 0 radical (unpaired) electrons. The van der Waals surface area contributed by atoms with E-state index in [1.54, 1.807) is 0 Å². The Labute approximate surface area is 168 Å². The summed E-state index contributed by atoms with van der Waals surface area (Å²) in [7, 11) is 0. The van der Waals surface area contributed by atoms with Gasteiger partial charge in [0, 0.05) is 19.0 Å². The molecule has 2 N–H and O–H groups in total. The Bertz CT molecular complexity index is 982. The lowest BCUT2D eigenvalue weighted by Crippen LogP contribution is -2.26. The molecule has 0 aliphatic carbocycles. The number of carbonyl (C=O) groups is 2. The average molecular weight is 394 g/mol. The fourth-order valence-corrected chi connectivity index (χ4v) is 3.95. The van der Waals surface area contributed by atoms with Crippen molar-refractivity contribution in [2.45, 2.75) is 33.2 Å². The lowest BCUT2D eigenvalue weighted by Gasteiger charge is -2.15. The van der Waals surface area contributed by atoms with Crippen molar-refractivity contribution >= 4 is 28.8 Å². The van der Waals surface area contributed by atoms with Gasteiger partial charge in [-0.2, -0.15) is 0 Å². The highest BCUT2D eigenvalue weighted by Crippen LogP contribution is 2.23. The van der Waals surface area contributed by atoms with Gasteiger partial charge in [-0.3, -0.25) is 9.59 Å². The van der Waals surface area contributed by atoms with Crippen molar-refractivity contribution in [2.75, 3.05) is 5.32 Å². The van der Waals surface area contributed by atoms with E-state index in [1.165, 1.54) is 23.8 Å². The highest BCUT2D eigenvalue weighted by Gasteiger charge is 2.18. The number of rotatable bonds is 6. The summed E-state index contributed by atoms with van der Waals surface area (Å²) < 4.78 is 0. The van der Waals surface area contributed by atoms with Crippen LogP contribution in [0.1, 0.15) is 51.4 Å². The van der Waals surface area contributed by atoms with E-state index in [0.29, 0.717) is 17.0 Å². The van der Waals surface area contributed by atoms with Gasteiger partial charge in [0.15, 0.2) is 0 Å². The van der Waals surface area contributed by atoms with Gasteiger partial charge in [0.2, 0.25) is 5.91 Å². The molecule has 0 aliphatic heterocycles. The molecule has 0 fully saturated rings. The molecule has 1 unspecified atom stereocenters. The first-order valence-corrected chi connectivity index (χ1v) is 9.92. The monoisotopic (exact) mass is 393 g/mol. The summed E-state index contributed by atoms with van der Waals surface area (Å²) in [5.41, 5.74) is 3.55. The molecule has 2 aromatic carbocycles. The van der Waals surface area contributed by atoms with Gasteiger partial charge in [0.1, 0.15) is 4.88 Å². The van der Waals surface area contributed by atoms with Crippen LogP contribution in [0, 0.1) is 6.92 Å². The van der Waals surface area contributed by atoms with Crippen LogP contribution >= 0.6 is 11.3 Å². The molecule has 3 rings (SSSR count). The van der Waals surface area contributed by atoms with Gasteiger partial charge in [-0.05, 0) is 37.1 Å². The average Bonchev–Trinajstić information content (AvgIpc) is 3.02. The minimum Gasteiger partial charge on any atom is -0.345 e. The molecule has 1 heterocycles. The van der Waals surface area contributed by atoms with Crippen LogP contribution in [0.5, 0.6) is 0 Å². The van der Waals surface area contributed by atoms with Crippen molar-refractivity contribution in [1.82, 2.24) is 10.3 Å². The Kier molecular flexibility index (Phi) is 6.21. The van der Waals surface area contributed by atoms with Crippen molar-refractivity contribution < 1.29 is 9.59 Å². The lowest BCUT2D eigenvalue weighted by molar-refractivity contribution is -0.114. The van der Waals surface area contributed by atoms with E-state index in [-0.39, 0.29) is 17.9 Å². The lowest BCUT2D eigenvalue weighted by atomic mass is 10.1. The molecule has 0 bridgehead atoms. The van der Waals surface area contributed by atoms with Crippen LogP contribution in [0.2, 0.25) is 0 Å². The van der Waals surface area contributed by atoms with Gasteiger partial charge in [-0.15, -0.1) is 11.3 Å². The first kappa shape index (κ1) is 19.8. The topological polar surface area (TPSA) is 71.1 Å². The van der Waals surface area contributed by atoms with E-state index in [1.807, 2.05) is 56.3 Å². The summed E-state index contributed by atoms with van der Waals surface area (Å²) >= 11 is 1.43. The maximum absolute atomic E-state index is 12.8. The van der Waals surface area contributed by atoms with E-state index in [4.69, 9.17) is 0 Å². The molecule has 3 aromatic rings. The fourth-order valence-electron chi connectivity index (χ4n) is 2.94. The van der Waals surface area contributed by atoms with Gasteiger partial charge >= 0.3 is 0 Å². The van der Waals surface area contributed by atoms with Gasteiger partial charge < -0.3 is 10.6 Å². The SMILES string of the molecule is CC(=O)Nc1cccc(C(C)NC(=O)c2sc(Cc3ccccc3)nc2C)c1. The van der Waals surface area contributed by atoms with Crippen LogP contribution in [0.4, 0.5) is 5.69 Å². The quantitative estimate of drug-likeness (QED) is 0.648. The van der Waals surface area contributed by atoms with Gasteiger partial charge in [0.25, 0.3) is 5.91 Å². The number of aromatic nitrogens is 1. The second-order valence-electron chi connectivity index (χ2n) is 6.69. The third-order valence-electron chi connectivity index (χ3n) is 4.30. The highest BCUT2D eigenvalue weighted by atomic mass is 32.1. The predicted octanol–water partition coefficient (Wildman–Crippen LogP) is 4.49. The molecular weight excluding hydrogens is 370 g/mol. The molecule has 28 heavy (non-hydrogen) atoms. The van der Waals surface area contributed by atoms with Crippen LogP contribution in [0.25, 0.3) is 0 Å². The number of nitrogens with one attached hydrogen (secondary N) is 2. The minimum atomic E-state index is -0.194. The van der Waals surface area contributed by atoms with E-state index >= 15 is 0 Å². The first-order valence-electron chi connectivity index (χ1n) is 9.11. The van der Waals surface area contributed by atoms with E-state index < -0.39 is 0 Å². The zero-order valence-corrected chi connectivity index (χ0v) is 17.0. The molecule has 2 amide bonds. The normalized spacial score (nSPS) is 11.7. The number of hydrogen-bond acceptors (Lipinski definition) is 4. The van der Waals surface area contributed by atoms with Crippen molar-refractivity contribution in [3.63, 3.8) is 0 Å². The van der Waals surface area contributed by atoms with Crippen molar-refractivity contribution in [1.29, 1.82) is 0 Å². The van der Waals surface area contributed by atoms with Crippen LogP contribution in [0.15, 0.2) is 54.6 Å². The Morgan fingerprint density at radius 2 is 1.86 bits per heavy atom. The number of nitrogens with zero attached hydrogens (tertiary/aromatic N) is 1. The summed E-state index contributed by atoms with van der Waals surface area (Å²) in [5, 5.41) is 6.72. The largest absolute Gasteiger partial charge is 0.345 e. The number of anilines is 1. The Hall–Kier alpha value is -2.99. The van der Waals surface area contributed by atoms with Crippen LogP contribution in [0.3, 0.4) is 0 Å². The second kappa shape index (κ2) is 8.80. The molecular formula is C22H23N3O2S. The molecule has 1 aromatic heterocycles. The number of amides is 2. The third kappa shape index (κ3) is 5.04. The number of thiazole rings is 1. The number of hydrogen-bond donors (Lipinski definition) is 2. The molecule has 5 nitrogen and oxygen atoms in total. The van der Waals surface area contributed by atoms with Crippen molar-refractivity contribution in [3.8, 4) is 0 Å². The van der Waals surface area contributed by atoms with Crippen molar-refractivity contribution in [2.24, 2.45) is 0 Å². The maximum atomic E-state index is 12.8. The Morgan fingerprint density at radius 1 is 1.11 bits per heavy atom. The third-order valence-corrected chi connectivity index (χ3v) is 5.46. The molecule has 0 saturated carbocycles. The summed E-state index contributed by atoms with van der Waals surface area (Å²) in [6, 6.07) is 17.4. The van der Waals surface area contributed by atoms with Crippen LogP contribution in [-0.4, -0.2) is 16.8 Å². The van der Waals surface area contributed by atoms with Crippen LogP contribution < -0.4 is 10.6 Å². The summed E-state index contributed by atoms with van der Waals surface area (Å²) in [6.07, 6.45) is 0.716. The smallest absolute Gasteiger partial charge is 0.263 e. The van der Waals surface area contributed by atoms with Gasteiger partial charge in [-0.1, -0.05) is 42.5 Å². The van der Waals surface area contributed by atoms with E-state index in [2.05, 4.69) is 27.8 Å². The molecule has 1 atom stereocenters. The van der Waals surface area contributed by atoms with Gasteiger partial charge in [0.05, 0.1) is 16.7 Å². The zero-order chi connectivity index (χ0) is 20.1. The molecule has 0 aliphatic rings. The minimum absolute atomic E-state index is 0.125. The number of aryl methyl sites for hydroxylation is 1. The summed E-state index contributed by atoms with van der Waals surface area (Å²) in [6.45, 7) is 5.26. The zero-order valence-electron chi connectivity index (χ0n) is 16.2. The number of carbonyl (C=O) groups excluding carboxylic acids is 2. The van der Waals surface area contributed by atoms with Crippen molar-refractivity contribution in [3.05, 3.63) is 81.3 Å².